The highest BCUT2D eigenvalue weighted by molar-refractivity contribution is 5.85. The number of anilines is 1. The van der Waals surface area contributed by atoms with Crippen LogP contribution < -0.4 is 5.73 Å². The van der Waals surface area contributed by atoms with Gasteiger partial charge in [-0.15, -0.1) is 0 Å². The average Bonchev–Trinajstić information content (AvgIpc) is 3.12. The number of nitrogens with zero attached hydrogens (tertiary/aromatic N) is 2. The highest BCUT2D eigenvalue weighted by Gasteiger charge is 2.64. The molecule has 0 aliphatic carbocycles. The maximum atomic E-state index is 6.16. The molecule has 3 N–H and O–H groups in total. The number of aromatic nitrogens is 3. The van der Waals surface area contributed by atoms with Crippen LogP contribution in [0.4, 0.5) is 5.82 Å². The third-order valence-corrected chi connectivity index (χ3v) is 4.70. The van der Waals surface area contributed by atoms with Crippen molar-refractivity contribution in [2.24, 2.45) is 0 Å². The van der Waals surface area contributed by atoms with Crippen LogP contribution in [0, 0.1) is 0 Å². The molecule has 8 nitrogen and oxygen atoms in total. The van der Waals surface area contributed by atoms with Crippen LogP contribution in [0.5, 0.6) is 0 Å². The zero-order chi connectivity index (χ0) is 17.1. The van der Waals surface area contributed by atoms with Crippen molar-refractivity contribution in [1.82, 2.24) is 15.0 Å². The fraction of sp³-hybridized carbons (Fsp3) is 0.625. The first-order chi connectivity index (χ1) is 11.3. The van der Waals surface area contributed by atoms with Gasteiger partial charge in [-0.25, -0.2) is 9.97 Å². The summed E-state index contributed by atoms with van der Waals surface area (Å²) in [6.45, 7) is 6.15. The zero-order valence-corrected chi connectivity index (χ0v) is 14.2. The highest BCUT2D eigenvalue weighted by atomic mass is 16.8. The Labute approximate surface area is 139 Å². The van der Waals surface area contributed by atoms with E-state index < -0.39 is 17.5 Å². The molecule has 4 atom stereocenters. The fourth-order valence-corrected chi connectivity index (χ4v) is 3.69. The summed E-state index contributed by atoms with van der Waals surface area (Å²) in [4.78, 5) is 12.1. The summed E-state index contributed by atoms with van der Waals surface area (Å²) in [7, 11) is 1.63. The van der Waals surface area contributed by atoms with Crippen molar-refractivity contribution < 1.29 is 18.9 Å². The molecule has 0 saturated carbocycles. The number of hydrogen-bond donors (Lipinski definition) is 2. The van der Waals surface area contributed by atoms with E-state index in [2.05, 4.69) is 15.0 Å². The van der Waals surface area contributed by atoms with Crippen LogP contribution in [-0.4, -0.2) is 52.3 Å². The van der Waals surface area contributed by atoms with Gasteiger partial charge in [0.15, 0.2) is 11.6 Å². The Bertz CT molecular complexity index is 777. The SMILES string of the molecule is COC[C@H]1O[C@H](c2nc(N)c3cc[nH]c3n2)[C@H]2OC(C)(C)O[C@@]21C. The molecule has 4 heterocycles. The molecule has 8 heteroatoms. The second-order valence-electron chi connectivity index (χ2n) is 6.93. The first-order valence-corrected chi connectivity index (χ1v) is 7.97. The van der Waals surface area contributed by atoms with E-state index in [1.807, 2.05) is 26.8 Å². The van der Waals surface area contributed by atoms with E-state index in [9.17, 15) is 0 Å². The molecule has 2 aromatic rings. The van der Waals surface area contributed by atoms with Crippen molar-refractivity contribution in [2.75, 3.05) is 19.5 Å². The number of methoxy groups -OCH3 is 1. The van der Waals surface area contributed by atoms with Crippen LogP contribution in [0.3, 0.4) is 0 Å². The molecular formula is C16H22N4O4. The van der Waals surface area contributed by atoms with E-state index in [4.69, 9.17) is 24.7 Å². The van der Waals surface area contributed by atoms with Crippen LogP contribution in [0.2, 0.25) is 0 Å². The smallest absolute Gasteiger partial charge is 0.164 e. The Hall–Kier alpha value is -1.74. The Kier molecular flexibility index (Phi) is 3.37. The largest absolute Gasteiger partial charge is 0.383 e. The number of fused-ring (bicyclic) bond motifs is 2. The number of ether oxygens (including phenoxy) is 4. The molecule has 2 aromatic heterocycles. The molecule has 2 aliphatic heterocycles. The molecule has 2 fully saturated rings. The first kappa shape index (κ1) is 15.8. The lowest BCUT2D eigenvalue weighted by Crippen LogP contribution is -2.45. The molecule has 0 radical (unpaired) electrons. The number of rotatable bonds is 3. The van der Waals surface area contributed by atoms with E-state index in [0.717, 1.165) is 5.39 Å². The van der Waals surface area contributed by atoms with Crippen LogP contribution in [0.15, 0.2) is 12.3 Å². The molecule has 0 unspecified atom stereocenters. The standard InChI is InChI=1S/C16H22N4O4/c1-15(2)23-11-10(22-9(7-21-4)16(11,3)24-15)14-19-12(17)8-5-6-18-13(8)20-14/h5-6,9-11H,7H2,1-4H3,(H3,17,18,19,20)/t9-,10+,11-,16-/m1/s1. The number of nitrogens with one attached hydrogen (secondary N) is 1. The van der Waals surface area contributed by atoms with Crippen molar-refractivity contribution in [1.29, 1.82) is 0 Å². The monoisotopic (exact) mass is 334 g/mol. The number of aromatic amines is 1. The van der Waals surface area contributed by atoms with Gasteiger partial charge < -0.3 is 29.7 Å². The molecule has 2 aliphatic rings. The van der Waals surface area contributed by atoms with Gasteiger partial charge in [-0.2, -0.15) is 0 Å². The van der Waals surface area contributed by atoms with E-state index in [0.29, 0.717) is 23.9 Å². The normalized spacial score (nSPS) is 34.8. The van der Waals surface area contributed by atoms with Gasteiger partial charge in [-0.3, -0.25) is 0 Å². The summed E-state index contributed by atoms with van der Waals surface area (Å²) in [5.41, 5.74) is 6.09. The Balaban J connectivity index is 1.76. The third kappa shape index (κ3) is 2.21. The minimum absolute atomic E-state index is 0.288. The van der Waals surface area contributed by atoms with Crippen molar-refractivity contribution >= 4 is 16.9 Å². The lowest BCUT2D eigenvalue weighted by atomic mass is 9.93. The Morgan fingerprint density at radius 3 is 2.88 bits per heavy atom. The fourth-order valence-electron chi connectivity index (χ4n) is 3.69. The second kappa shape index (κ2) is 5.13. The maximum Gasteiger partial charge on any atom is 0.164 e. The number of nitrogen functional groups attached to an aromatic ring is 1. The van der Waals surface area contributed by atoms with Gasteiger partial charge in [0.25, 0.3) is 0 Å². The highest BCUT2D eigenvalue weighted by Crippen LogP contribution is 2.51. The summed E-state index contributed by atoms with van der Waals surface area (Å²) < 4.78 is 23.7. The van der Waals surface area contributed by atoms with E-state index >= 15 is 0 Å². The van der Waals surface area contributed by atoms with Gasteiger partial charge in [0.1, 0.15) is 35.4 Å². The van der Waals surface area contributed by atoms with Crippen molar-refractivity contribution in [3.05, 3.63) is 18.1 Å². The van der Waals surface area contributed by atoms with Crippen molar-refractivity contribution in [2.45, 2.75) is 50.5 Å². The van der Waals surface area contributed by atoms with Gasteiger partial charge in [-0.05, 0) is 26.8 Å². The first-order valence-electron chi connectivity index (χ1n) is 7.97. The second-order valence-corrected chi connectivity index (χ2v) is 6.93. The molecule has 4 rings (SSSR count). The minimum Gasteiger partial charge on any atom is -0.383 e. The molecule has 130 valence electrons. The molecule has 0 aromatic carbocycles. The Morgan fingerprint density at radius 1 is 1.33 bits per heavy atom. The summed E-state index contributed by atoms with van der Waals surface area (Å²) >= 11 is 0. The van der Waals surface area contributed by atoms with Crippen LogP contribution >= 0.6 is 0 Å². The van der Waals surface area contributed by atoms with Crippen LogP contribution in [0.1, 0.15) is 32.7 Å². The number of H-pyrrole nitrogens is 1. The van der Waals surface area contributed by atoms with E-state index in [1.54, 1.807) is 13.3 Å². The number of nitrogens with two attached hydrogens (primary N) is 1. The number of hydrogen-bond acceptors (Lipinski definition) is 7. The third-order valence-electron chi connectivity index (χ3n) is 4.70. The molecule has 2 saturated heterocycles. The predicted molar refractivity (Wildman–Crippen MR) is 86.2 cm³/mol. The van der Waals surface area contributed by atoms with Gasteiger partial charge in [0.2, 0.25) is 0 Å². The molecule has 24 heavy (non-hydrogen) atoms. The van der Waals surface area contributed by atoms with Crippen molar-refractivity contribution in [3.8, 4) is 0 Å². The van der Waals surface area contributed by atoms with Crippen LogP contribution in [0.25, 0.3) is 11.0 Å². The van der Waals surface area contributed by atoms with E-state index in [1.165, 1.54) is 0 Å². The average molecular weight is 334 g/mol. The summed E-state index contributed by atoms with van der Waals surface area (Å²) in [6.07, 6.45) is 0.667. The van der Waals surface area contributed by atoms with Gasteiger partial charge in [0, 0.05) is 13.3 Å². The zero-order valence-electron chi connectivity index (χ0n) is 14.2. The lowest BCUT2D eigenvalue weighted by molar-refractivity contribution is -0.209. The summed E-state index contributed by atoms with van der Waals surface area (Å²) in [5, 5.41) is 0.789. The van der Waals surface area contributed by atoms with Gasteiger partial charge >= 0.3 is 0 Å². The van der Waals surface area contributed by atoms with E-state index in [-0.39, 0.29) is 12.2 Å². The molecule has 0 amide bonds. The quantitative estimate of drug-likeness (QED) is 0.877. The summed E-state index contributed by atoms with van der Waals surface area (Å²) in [6, 6.07) is 1.85. The van der Waals surface area contributed by atoms with Gasteiger partial charge in [0.05, 0.1) is 12.0 Å². The Morgan fingerprint density at radius 2 is 2.12 bits per heavy atom. The minimum atomic E-state index is -0.713. The van der Waals surface area contributed by atoms with Crippen LogP contribution in [-0.2, 0) is 18.9 Å². The summed E-state index contributed by atoms with van der Waals surface area (Å²) in [5.74, 6) is 0.184. The molecule has 0 bridgehead atoms. The topological polar surface area (TPSA) is 105 Å². The lowest BCUT2D eigenvalue weighted by Gasteiger charge is -2.28. The predicted octanol–water partition coefficient (Wildman–Crippen LogP) is 1.54. The van der Waals surface area contributed by atoms with Crippen molar-refractivity contribution in [3.63, 3.8) is 0 Å². The van der Waals surface area contributed by atoms with Gasteiger partial charge in [-0.1, -0.05) is 0 Å². The maximum absolute atomic E-state index is 6.16. The molecule has 0 spiro atoms. The molecular weight excluding hydrogens is 312 g/mol.